The second-order valence-corrected chi connectivity index (χ2v) is 9.45. The Morgan fingerprint density at radius 3 is 2.39 bits per heavy atom. The maximum absolute atomic E-state index is 13.7. The van der Waals surface area contributed by atoms with Crippen molar-refractivity contribution in [1.82, 2.24) is 9.80 Å². The Kier molecular flexibility index (Phi) is 5.83. The maximum Gasteiger partial charge on any atom is 0.410 e. The van der Waals surface area contributed by atoms with Gasteiger partial charge in [-0.2, -0.15) is 0 Å². The minimum absolute atomic E-state index is 0.0849. The summed E-state index contributed by atoms with van der Waals surface area (Å²) in [6.45, 7) is 4.14. The lowest BCUT2D eigenvalue weighted by atomic mass is 9.73. The molecule has 4 heterocycles. The van der Waals surface area contributed by atoms with Crippen molar-refractivity contribution in [2.75, 3.05) is 39.9 Å². The van der Waals surface area contributed by atoms with Crippen LogP contribution in [0.5, 0.6) is 0 Å². The molecule has 0 spiro atoms. The highest BCUT2D eigenvalue weighted by atomic mass is 19.1. The number of halogens is 1. The molecular weight excluding hydrogens is 423 g/mol. The van der Waals surface area contributed by atoms with E-state index >= 15 is 0 Å². The summed E-state index contributed by atoms with van der Waals surface area (Å²) >= 11 is 0. The smallest absolute Gasteiger partial charge is 0.410 e. The molecule has 0 unspecified atom stereocenters. The Morgan fingerprint density at radius 1 is 1.03 bits per heavy atom. The SMILES string of the molecule is COC(=O)c1ccc2c(c1)[C@H](c1ccc(F)cc1)N(C(=O)OCC13CCN(CC1)CC3)CC2. The van der Waals surface area contributed by atoms with E-state index < -0.39 is 12.0 Å². The first-order valence-electron chi connectivity index (χ1n) is 11.6. The van der Waals surface area contributed by atoms with Crippen molar-refractivity contribution in [2.24, 2.45) is 5.41 Å². The molecule has 6 nitrogen and oxygen atoms in total. The van der Waals surface area contributed by atoms with Gasteiger partial charge in [-0.25, -0.2) is 14.0 Å². The average Bonchev–Trinajstić information content (AvgIpc) is 2.87. The normalized spacial score (nSPS) is 25.9. The van der Waals surface area contributed by atoms with Gasteiger partial charge in [-0.1, -0.05) is 18.2 Å². The van der Waals surface area contributed by atoms with E-state index in [0.717, 1.165) is 55.6 Å². The van der Waals surface area contributed by atoms with E-state index in [2.05, 4.69) is 4.90 Å². The van der Waals surface area contributed by atoms with Crippen molar-refractivity contribution in [3.8, 4) is 0 Å². The van der Waals surface area contributed by atoms with E-state index in [1.165, 1.54) is 19.2 Å². The largest absolute Gasteiger partial charge is 0.465 e. The molecule has 0 aromatic heterocycles. The van der Waals surface area contributed by atoms with Crippen molar-refractivity contribution >= 4 is 12.1 Å². The summed E-state index contributed by atoms with van der Waals surface area (Å²) in [6.07, 6.45) is 3.48. The van der Waals surface area contributed by atoms with Crippen LogP contribution in [0.25, 0.3) is 0 Å². The van der Waals surface area contributed by atoms with E-state index in [-0.39, 0.29) is 17.3 Å². The fraction of sp³-hybridized carbons (Fsp3) is 0.462. The summed E-state index contributed by atoms with van der Waals surface area (Å²) in [5, 5.41) is 0. The average molecular weight is 453 g/mol. The summed E-state index contributed by atoms with van der Waals surface area (Å²) in [7, 11) is 1.35. The Balaban J connectivity index is 1.44. The number of carbonyl (C=O) groups is 2. The maximum atomic E-state index is 13.7. The van der Waals surface area contributed by atoms with Crippen LogP contribution < -0.4 is 0 Å². The fourth-order valence-corrected chi connectivity index (χ4v) is 5.47. The molecule has 0 radical (unpaired) electrons. The minimum Gasteiger partial charge on any atom is -0.465 e. The van der Waals surface area contributed by atoms with Crippen molar-refractivity contribution in [3.63, 3.8) is 0 Å². The van der Waals surface area contributed by atoms with Gasteiger partial charge in [-0.3, -0.25) is 4.90 Å². The number of piperidine rings is 3. The highest BCUT2D eigenvalue weighted by molar-refractivity contribution is 5.89. The fourth-order valence-electron chi connectivity index (χ4n) is 5.47. The monoisotopic (exact) mass is 452 g/mol. The number of benzene rings is 2. The lowest BCUT2D eigenvalue weighted by Crippen LogP contribution is -2.51. The third kappa shape index (κ3) is 4.22. The molecule has 1 amide bonds. The molecule has 4 aliphatic heterocycles. The second kappa shape index (κ2) is 8.78. The number of methoxy groups -OCH3 is 1. The minimum atomic E-state index is -0.461. The molecule has 1 atom stereocenters. The van der Waals surface area contributed by atoms with Gasteiger partial charge in [0, 0.05) is 12.0 Å². The number of fused-ring (bicyclic) bond motifs is 4. The Labute approximate surface area is 193 Å². The Morgan fingerprint density at radius 2 is 1.73 bits per heavy atom. The van der Waals surface area contributed by atoms with E-state index in [9.17, 15) is 14.0 Å². The molecule has 0 aliphatic carbocycles. The Bertz CT molecular complexity index is 1030. The summed E-state index contributed by atoms with van der Waals surface area (Å²) < 4.78 is 24.5. The molecule has 4 aliphatic rings. The molecule has 3 fully saturated rings. The van der Waals surface area contributed by atoms with Gasteiger partial charge in [-0.15, -0.1) is 0 Å². The Hall–Kier alpha value is -2.93. The van der Waals surface area contributed by atoms with Crippen LogP contribution in [0.2, 0.25) is 0 Å². The van der Waals surface area contributed by atoms with Gasteiger partial charge in [0.1, 0.15) is 5.82 Å². The standard InChI is InChI=1S/C26H29FN2O4/c1-32-24(30)20-3-2-18-8-12-29(23(22(18)16-20)19-4-6-21(27)7-5-19)25(31)33-17-26-9-13-28(14-10-26)15-11-26/h2-7,16,23H,8-15,17H2,1H3/t23-/m0/s1. The van der Waals surface area contributed by atoms with Gasteiger partial charge < -0.3 is 14.4 Å². The van der Waals surface area contributed by atoms with Crippen LogP contribution in [0.3, 0.4) is 0 Å². The molecule has 174 valence electrons. The van der Waals surface area contributed by atoms with Crippen molar-refractivity contribution in [3.05, 3.63) is 70.5 Å². The zero-order valence-electron chi connectivity index (χ0n) is 18.9. The molecular formula is C26H29FN2O4. The molecule has 2 aromatic carbocycles. The summed E-state index contributed by atoms with van der Waals surface area (Å²) in [5.74, 6) is -0.770. The molecule has 33 heavy (non-hydrogen) atoms. The molecule has 0 N–H and O–H groups in total. The molecule has 2 bridgehead atoms. The van der Waals surface area contributed by atoms with Crippen LogP contribution >= 0.6 is 0 Å². The summed E-state index contributed by atoms with van der Waals surface area (Å²) in [6, 6.07) is 11.1. The van der Waals surface area contributed by atoms with Crippen molar-refractivity contribution < 1.29 is 23.5 Å². The summed E-state index contributed by atoms with van der Waals surface area (Å²) in [5.41, 5.74) is 3.18. The lowest BCUT2D eigenvalue weighted by Gasteiger charge is -2.48. The second-order valence-electron chi connectivity index (χ2n) is 9.45. The van der Waals surface area contributed by atoms with Gasteiger partial charge in [0.25, 0.3) is 0 Å². The first-order chi connectivity index (χ1) is 16.0. The van der Waals surface area contributed by atoms with E-state index in [1.54, 1.807) is 29.2 Å². The summed E-state index contributed by atoms with van der Waals surface area (Å²) in [4.78, 5) is 29.7. The van der Waals surface area contributed by atoms with Gasteiger partial charge in [-0.05, 0) is 86.3 Å². The predicted molar refractivity (Wildman–Crippen MR) is 121 cm³/mol. The van der Waals surface area contributed by atoms with Gasteiger partial charge in [0.2, 0.25) is 0 Å². The lowest BCUT2D eigenvalue weighted by molar-refractivity contribution is -0.0300. The quantitative estimate of drug-likeness (QED) is 0.652. The number of ether oxygens (including phenoxy) is 2. The van der Waals surface area contributed by atoms with E-state index in [0.29, 0.717) is 25.1 Å². The van der Waals surface area contributed by atoms with Crippen molar-refractivity contribution in [1.29, 1.82) is 0 Å². The van der Waals surface area contributed by atoms with Crippen LogP contribution in [0, 0.1) is 11.2 Å². The van der Waals surface area contributed by atoms with Crippen molar-refractivity contribution in [2.45, 2.75) is 31.7 Å². The van der Waals surface area contributed by atoms with Crippen LogP contribution in [0.4, 0.5) is 9.18 Å². The number of hydrogen-bond donors (Lipinski definition) is 0. The van der Waals surface area contributed by atoms with Crippen LogP contribution in [-0.4, -0.2) is 61.8 Å². The highest BCUT2D eigenvalue weighted by Gasteiger charge is 2.41. The first-order valence-corrected chi connectivity index (χ1v) is 11.6. The molecule has 7 heteroatoms. The number of amides is 1. The molecule has 6 rings (SSSR count). The predicted octanol–water partition coefficient (Wildman–Crippen LogP) is 4.18. The molecule has 0 saturated carbocycles. The van der Waals surface area contributed by atoms with E-state index in [4.69, 9.17) is 9.47 Å². The third-order valence-corrected chi connectivity index (χ3v) is 7.59. The third-order valence-electron chi connectivity index (χ3n) is 7.59. The number of nitrogens with zero attached hydrogens (tertiary/aromatic N) is 2. The number of esters is 1. The van der Waals surface area contributed by atoms with Gasteiger partial charge in [0.05, 0.1) is 25.3 Å². The zero-order chi connectivity index (χ0) is 23.0. The number of carbonyl (C=O) groups excluding carboxylic acids is 2. The van der Waals surface area contributed by atoms with Crippen LogP contribution in [0.15, 0.2) is 42.5 Å². The first kappa shape index (κ1) is 21.9. The zero-order valence-corrected chi connectivity index (χ0v) is 18.9. The number of hydrogen-bond acceptors (Lipinski definition) is 5. The van der Waals surface area contributed by atoms with Crippen LogP contribution in [-0.2, 0) is 15.9 Å². The van der Waals surface area contributed by atoms with Gasteiger partial charge in [0.15, 0.2) is 0 Å². The van der Waals surface area contributed by atoms with Gasteiger partial charge >= 0.3 is 12.1 Å². The molecule has 2 aromatic rings. The molecule has 3 saturated heterocycles. The van der Waals surface area contributed by atoms with Crippen LogP contribution in [0.1, 0.15) is 52.4 Å². The topological polar surface area (TPSA) is 59.1 Å². The van der Waals surface area contributed by atoms with E-state index in [1.807, 2.05) is 6.07 Å². The highest BCUT2D eigenvalue weighted by Crippen LogP contribution is 2.41. The number of rotatable bonds is 4.